The number of amides is 2. The number of nitrogens with one attached hydrogen (secondary N) is 1. The number of aryl methyl sites for hydroxylation is 2. The van der Waals surface area contributed by atoms with Crippen LogP contribution in [0.15, 0.2) is 59.6 Å². The molecule has 2 aliphatic heterocycles. The van der Waals surface area contributed by atoms with E-state index >= 15 is 0 Å². The summed E-state index contributed by atoms with van der Waals surface area (Å²) in [6.07, 6.45) is 9.69. The van der Waals surface area contributed by atoms with Gasteiger partial charge in [0.25, 0.3) is 11.8 Å². The molecule has 11 nitrogen and oxygen atoms in total. The molecule has 3 aromatic rings. The van der Waals surface area contributed by atoms with Crippen molar-refractivity contribution in [3.05, 3.63) is 82.5 Å². The number of ether oxygens (including phenoxy) is 2. The van der Waals surface area contributed by atoms with Gasteiger partial charge < -0.3 is 19.5 Å². The highest BCUT2D eigenvalue weighted by Crippen LogP contribution is 2.52. The summed E-state index contributed by atoms with van der Waals surface area (Å²) in [5.41, 5.74) is 2.41. The molecule has 0 bridgehead atoms. The maximum Gasteiger partial charge on any atom is 0.286 e. The van der Waals surface area contributed by atoms with E-state index < -0.39 is 27.3 Å². The number of methoxy groups -OCH3 is 1. The first-order chi connectivity index (χ1) is 27.2. The minimum Gasteiger partial charge on any atom is -0.490 e. The van der Waals surface area contributed by atoms with Gasteiger partial charge in [-0.3, -0.25) is 19.0 Å². The van der Waals surface area contributed by atoms with Gasteiger partial charge in [-0.05, 0) is 123 Å². The van der Waals surface area contributed by atoms with Gasteiger partial charge in [-0.1, -0.05) is 30.7 Å². The van der Waals surface area contributed by atoms with E-state index in [2.05, 4.69) is 37.8 Å². The molecule has 2 aromatic carbocycles. The van der Waals surface area contributed by atoms with Crippen LogP contribution in [0.1, 0.15) is 84.2 Å². The normalized spacial score (nSPS) is 24.6. The number of aromatic nitrogens is 2. The fourth-order valence-electron chi connectivity index (χ4n) is 9.09. The highest BCUT2D eigenvalue weighted by Gasteiger charge is 2.50. The monoisotopic (exact) mass is 855 g/mol. The Morgan fingerprint density at radius 2 is 2.04 bits per heavy atom. The van der Waals surface area contributed by atoms with Gasteiger partial charge in [-0.25, -0.2) is 4.21 Å². The molecule has 2 unspecified atom stereocenters. The second kappa shape index (κ2) is 17.2. The fourth-order valence-corrected chi connectivity index (χ4v) is 14.4. The van der Waals surface area contributed by atoms with Crippen LogP contribution in [0.3, 0.4) is 0 Å². The van der Waals surface area contributed by atoms with Crippen LogP contribution in [-0.4, -0.2) is 85.2 Å². The number of allylic oxidation sites excluding steroid dienone is 1. The number of fused-ring (bicyclic) bond motifs is 3. The zero-order valence-corrected chi connectivity index (χ0v) is 36.4. The molecule has 4 aliphatic rings. The van der Waals surface area contributed by atoms with Crippen LogP contribution in [0, 0.1) is 17.8 Å². The van der Waals surface area contributed by atoms with Gasteiger partial charge in [-0.15, -0.1) is 39.6 Å². The lowest BCUT2D eigenvalue weighted by Crippen LogP contribution is -2.55. The molecule has 6 atom stereocenters. The van der Waals surface area contributed by atoms with Crippen LogP contribution in [0.2, 0.25) is 5.02 Å². The van der Waals surface area contributed by atoms with Crippen molar-refractivity contribution in [2.75, 3.05) is 49.0 Å². The second-order valence-electron chi connectivity index (χ2n) is 16.4. The van der Waals surface area contributed by atoms with Gasteiger partial charge in [-0.2, -0.15) is 0 Å². The molecule has 2 aliphatic carbocycles. The first-order valence-electron chi connectivity index (χ1n) is 19.8. The number of carbonyl (C=O) groups is 2. The lowest BCUT2D eigenvalue weighted by Gasteiger charge is -2.51. The lowest BCUT2D eigenvalue weighted by molar-refractivity contribution is -0.0553. The third kappa shape index (κ3) is 8.90. The predicted octanol–water partition coefficient (Wildman–Crippen LogP) is 7.69. The van der Waals surface area contributed by atoms with Crippen molar-refractivity contribution in [1.82, 2.24) is 14.5 Å². The highest BCUT2D eigenvalue weighted by atomic mass is 35.5. The predicted molar refractivity (Wildman–Crippen MR) is 231 cm³/mol. The van der Waals surface area contributed by atoms with E-state index in [0.717, 1.165) is 60.7 Å². The van der Waals surface area contributed by atoms with Crippen molar-refractivity contribution in [3.63, 3.8) is 0 Å². The van der Waals surface area contributed by atoms with Crippen molar-refractivity contribution in [1.29, 1.82) is 0 Å². The molecule has 7 rings (SSSR count). The van der Waals surface area contributed by atoms with Crippen LogP contribution >= 0.6 is 35.1 Å². The zero-order valence-electron chi connectivity index (χ0n) is 33.2. The van der Waals surface area contributed by atoms with Gasteiger partial charge >= 0.3 is 0 Å². The van der Waals surface area contributed by atoms with Crippen molar-refractivity contribution >= 4 is 62.5 Å². The summed E-state index contributed by atoms with van der Waals surface area (Å²) in [5.74, 6) is 1.55. The minimum atomic E-state index is -3.62. The average molecular weight is 857 g/mol. The summed E-state index contributed by atoms with van der Waals surface area (Å²) in [6.45, 7) is 9.50. The molecule has 1 aromatic heterocycles. The van der Waals surface area contributed by atoms with Crippen LogP contribution in [0.5, 0.6) is 11.6 Å². The number of anilines is 1. The minimum absolute atomic E-state index is 0.0637. The molecule has 1 saturated heterocycles. The summed E-state index contributed by atoms with van der Waals surface area (Å²) in [5, 5.41) is 16.9. The van der Waals surface area contributed by atoms with E-state index in [1.165, 1.54) is 29.1 Å². The number of rotatable bonds is 12. The maximum absolute atomic E-state index is 14.6. The average Bonchev–Trinajstić information content (AvgIpc) is 3.48. The number of hydrogen-bond acceptors (Lipinski definition) is 10. The van der Waals surface area contributed by atoms with E-state index in [-0.39, 0.29) is 50.5 Å². The van der Waals surface area contributed by atoms with Crippen molar-refractivity contribution in [2.45, 2.75) is 74.4 Å². The summed E-state index contributed by atoms with van der Waals surface area (Å²) >= 11 is 10.2. The van der Waals surface area contributed by atoms with E-state index in [1.807, 2.05) is 43.4 Å². The Bertz CT molecular complexity index is 2130. The zero-order chi connectivity index (χ0) is 40.5. The molecule has 2 fully saturated rings. The summed E-state index contributed by atoms with van der Waals surface area (Å²) in [6, 6.07) is 11.4. The Labute approximate surface area is 350 Å². The van der Waals surface area contributed by atoms with Crippen molar-refractivity contribution < 1.29 is 28.4 Å². The van der Waals surface area contributed by atoms with Gasteiger partial charge in [0.2, 0.25) is 5.88 Å². The van der Waals surface area contributed by atoms with Gasteiger partial charge in [0, 0.05) is 42.3 Å². The Hall–Kier alpha value is -3.17. The fraction of sp³-hybridized carbons (Fsp3) is 0.548. The first-order valence-corrected chi connectivity index (χ1v) is 24.0. The molecule has 2 N–H and O–H groups in total. The Balaban J connectivity index is 1.24. The Kier molecular flexibility index (Phi) is 12.7. The van der Waals surface area contributed by atoms with Crippen molar-refractivity contribution in [2.24, 2.45) is 29.2 Å². The number of benzene rings is 2. The van der Waals surface area contributed by atoms with Crippen LogP contribution < -0.4 is 19.1 Å². The number of halogens is 1. The van der Waals surface area contributed by atoms with Crippen LogP contribution in [0.25, 0.3) is 0 Å². The molecule has 15 heteroatoms. The van der Waals surface area contributed by atoms with E-state index in [9.17, 15) is 18.9 Å². The van der Waals surface area contributed by atoms with Crippen LogP contribution in [0.4, 0.5) is 5.69 Å². The molecular weight excluding hydrogens is 802 g/mol. The van der Waals surface area contributed by atoms with Crippen LogP contribution in [-0.2, 0) is 28.8 Å². The third-order valence-electron chi connectivity index (χ3n) is 12.0. The molecule has 308 valence electrons. The van der Waals surface area contributed by atoms with E-state index in [0.29, 0.717) is 31.9 Å². The molecule has 2 amide bonds. The Morgan fingerprint density at radius 1 is 1.25 bits per heavy atom. The number of thioether (sulfide) groups is 2. The van der Waals surface area contributed by atoms with Crippen molar-refractivity contribution in [3.8, 4) is 11.6 Å². The number of hydrogen-bond donors (Lipinski definition) is 2. The molecule has 57 heavy (non-hydrogen) atoms. The maximum atomic E-state index is 14.6. The summed E-state index contributed by atoms with van der Waals surface area (Å²) in [4.78, 5) is 30.1. The van der Waals surface area contributed by atoms with E-state index in [1.54, 1.807) is 31.3 Å². The smallest absolute Gasteiger partial charge is 0.286 e. The standard InChI is InChI=1S/C42H54ClN5O6S3/c1-6-9-27(2)24-57(52,46-38(50)32-23-47(4)44-39(32)53-5)45-37(49)29-12-16-36-35(21-29)48(22-30-11-14-33(30)41(3,51)40-55-18-8-19-56-40)25-42(26-54-36)17-7-10-28-20-31(43)13-15-34(28)42/h6,12-13,15-16,20-21,23,27,30,33,40,51H,1,7-11,14,17-19,22,24-26H2,2-5H3,(H,45,46,49,50,52)/t27-,30-,33+,41?,42-,57?/m0/s1. The number of nitrogens with zero attached hydrogens (tertiary/aromatic N) is 4. The third-order valence-corrected chi connectivity index (χ3v) is 17.7. The SMILES string of the molecule is C=CC[C@H](C)CS(=O)(=NC(=O)c1ccc2c(c1)N(C[C@@H]1CC[C@H]1C(C)(O)C1SCCCS1)C[C@@]1(CCCc3cc(Cl)ccc31)CO2)NC(=O)c1cn(C)nc1OC. The molecule has 3 heterocycles. The molecule has 1 spiro atoms. The Morgan fingerprint density at radius 3 is 2.75 bits per heavy atom. The van der Waals surface area contributed by atoms with Gasteiger partial charge in [0.1, 0.15) is 21.2 Å². The van der Waals surface area contributed by atoms with E-state index in [4.69, 9.17) is 21.1 Å². The molecule has 1 saturated carbocycles. The number of carbonyl (C=O) groups excluding carboxylic acids is 2. The first kappa shape index (κ1) is 42.0. The number of aliphatic hydroxyl groups is 1. The molecular formula is C42H54ClN5O6S3. The van der Waals surface area contributed by atoms with Gasteiger partial charge in [0.15, 0.2) is 0 Å². The van der Waals surface area contributed by atoms with Gasteiger partial charge in [0.05, 0.1) is 35.3 Å². The lowest BCUT2D eigenvalue weighted by atomic mass is 9.65. The quantitative estimate of drug-likeness (QED) is 0.175. The largest absolute Gasteiger partial charge is 0.490 e. The molecule has 0 radical (unpaired) electrons. The second-order valence-corrected chi connectivity index (χ2v) is 21.5. The topological polar surface area (TPSA) is 135 Å². The highest BCUT2D eigenvalue weighted by molar-refractivity contribution is 8.17. The summed E-state index contributed by atoms with van der Waals surface area (Å²) in [7, 11) is -0.577. The summed E-state index contributed by atoms with van der Waals surface area (Å²) < 4.78 is 34.9.